The minimum atomic E-state index is 0.0260. The van der Waals surface area contributed by atoms with Crippen LogP contribution >= 0.6 is 0 Å². The number of methoxy groups -OCH3 is 3. The van der Waals surface area contributed by atoms with Crippen LogP contribution in [0.2, 0.25) is 0 Å². The van der Waals surface area contributed by atoms with E-state index in [4.69, 9.17) is 14.2 Å². The van der Waals surface area contributed by atoms with Crippen molar-refractivity contribution < 1.29 is 19.0 Å². The number of nitrogens with zero attached hydrogens (tertiary/aromatic N) is 2. The van der Waals surface area contributed by atoms with Gasteiger partial charge in [0.2, 0.25) is 0 Å². The van der Waals surface area contributed by atoms with Gasteiger partial charge in [-0.3, -0.25) is 9.78 Å². The van der Waals surface area contributed by atoms with Crippen molar-refractivity contribution in [1.82, 2.24) is 9.88 Å². The Morgan fingerprint density at radius 2 is 1.89 bits per heavy atom. The molecule has 144 valence electrons. The quantitative estimate of drug-likeness (QED) is 0.781. The van der Waals surface area contributed by atoms with E-state index in [-0.39, 0.29) is 5.91 Å². The molecule has 27 heavy (non-hydrogen) atoms. The molecule has 2 heterocycles. The predicted molar refractivity (Wildman–Crippen MR) is 103 cm³/mol. The van der Waals surface area contributed by atoms with Crippen LogP contribution in [0.3, 0.4) is 0 Å². The third-order valence-corrected chi connectivity index (χ3v) is 4.87. The first-order chi connectivity index (χ1) is 13.1. The molecule has 1 aromatic carbocycles. The lowest BCUT2D eigenvalue weighted by Gasteiger charge is -2.32. The molecule has 0 unspecified atom stereocenters. The third kappa shape index (κ3) is 4.57. The molecule has 0 spiro atoms. The van der Waals surface area contributed by atoms with Gasteiger partial charge in [-0.1, -0.05) is 0 Å². The Hall–Kier alpha value is -2.60. The zero-order chi connectivity index (χ0) is 19.2. The minimum absolute atomic E-state index is 0.0260. The number of hydrogen-bond acceptors (Lipinski definition) is 5. The molecule has 1 aromatic heterocycles. The molecule has 0 aliphatic carbocycles. The van der Waals surface area contributed by atoms with Crippen LogP contribution < -0.4 is 9.47 Å². The van der Waals surface area contributed by atoms with E-state index < -0.39 is 0 Å². The molecular formula is C21H26N2O4. The van der Waals surface area contributed by atoms with E-state index >= 15 is 0 Å². The highest BCUT2D eigenvalue weighted by atomic mass is 16.5. The first-order valence-electron chi connectivity index (χ1n) is 9.12. The van der Waals surface area contributed by atoms with E-state index in [1.807, 2.05) is 35.2 Å². The fourth-order valence-electron chi connectivity index (χ4n) is 3.45. The lowest BCUT2D eigenvalue weighted by atomic mass is 9.98. The lowest BCUT2D eigenvalue weighted by molar-refractivity contribution is 0.0570. The third-order valence-electron chi connectivity index (χ3n) is 4.87. The summed E-state index contributed by atoms with van der Waals surface area (Å²) < 4.78 is 15.9. The summed E-state index contributed by atoms with van der Waals surface area (Å²) in [4.78, 5) is 19.2. The molecule has 6 nitrogen and oxygen atoms in total. The van der Waals surface area contributed by atoms with Crippen molar-refractivity contribution in [3.8, 4) is 22.8 Å². The average molecular weight is 370 g/mol. The van der Waals surface area contributed by atoms with E-state index in [9.17, 15) is 4.79 Å². The smallest absolute Gasteiger partial charge is 0.255 e. The molecule has 3 rings (SSSR count). The number of ether oxygens (including phenoxy) is 3. The van der Waals surface area contributed by atoms with Gasteiger partial charge in [0.1, 0.15) is 11.5 Å². The van der Waals surface area contributed by atoms with Crippen LogP contribution in [0.15, 0.2) is 36.5 Å². The summed E-state index contributed by atoms with van der Waals surface area (Å²) in [5.74, 6) is 1.83. The van der Waals surface area contributed by atoms with Gasteiger partial charge in [-0.05, 0) is 43.0 Å². The first-order valence-corrected chi connectivity index (χ1v) is 9.12. The molecule has 0 bridgehead atoms. The second kappa shape index (κ2) is 8.86. The number of hydrogen-bond donors (Lipinski definition) is 0. The number of aromatic nitrogens is 1. The number of likely N-dealkylation sites (tertiary alicyclic amines) is 1. The van der Waals surface area contributed by atoms with Crippen LogP contribution in [0.5, 0.6) is 11.5 Å². The van der Waals surface area contributed by atoms with Crippen LogP contribution in [-0.2, 0) is 4.74 Å². The molecule has 1 atom stereocenters. The van der Waals surface area contributed by atoms with Crippen molar-refractivity contribution >= 4 is 5.91 Å². The number of piperidine rings is 1. The van der Waals surface area contributed by atoms with E-state index in [0.717, 1.165) is 37.2 Å². The van der Waals surface area contributed by atoms with Gasteiger partial charge in [0.05, 0.1) is 32.1 Å². The van der Waals surface area contributed by atoms with Gasteiger partial charge in [-0.15, -0.1) is 0 Å². The Kier molecular flexibility index (Phi) is 6.29. The Morgan fingerprint density at radius 1 is 1.15 bits per heavy atom. The summed E-state index contributed by atoms with van der Waals surface area (Å²) in [7, 11) is 4.93. The van der Waals surface area contributed by atoms with Crippen LogP contribution in [0, 0.1) is 5.92 Å². The zero-order valence-corrected chi connectivity index (χ0v) is 16.1. The monoisotopic (exact) mass is 370 g/mol. The van der Waals surface area contributed by atoms with Crippen molar-refractivity contribution in [1.29, 1.82) is 0 Å². The average Bonchev–Trinajstić information content (AvgIpc) is 2.73. The molecule has 1 fully saturated rings. The summed E-state index contributed by atoms with van der Waals surface area (Å²) >= 11 is 0. The number of carbonyl (C=O) groups excluding carboxylic acids is 1. The minimum Gasteiger partial charge on any atom is -0.497 e. The standard InChI is InChI=1S/C21H26N2O4/c1-25-14-15-5-4-8-23(13-15)21(24)16-6-7-20(22-12-16)17-9-18(26-2)11-19(10-17)27-3/h6-7,9-12,15H,4-5,8,13-14H2,1-3H3/t15-/m0/s1. The zero-order valence-electron chi connectivity index (χ0n) is 16.1. The molecule has 6 heteroatoms. The van der Waals surface area contributed by atoms with E-state index in [1.165, 1.54) is 0 Å². The fourth-order valence-corrected chi connectivity index (χ4v) is 3.45. The molecule has 2 aromatic rings. The molecule has 1 saturated heterocycles. The van der Waals surface area contributed by atoms with Gasteiger partial charge in [0.25, 0.3) is 5.91 Å². The summed E-state index contributed by atoms with van der Waals surface area (Å²) in [6.45, 7) is 2.22. The van der Waals surface area contributed by atoms with Crippen LogP contribution in [0.1, 0.15) is 23.2 Å². The Bertz CT molecular complexity index is 752. The molecule has 1 aliphatic heterocycles. The van der Waals surface area contributed by atoms with Crippen LogP contribution in [0.25, 0.3) is 11.3 Å². The highest BCUT2D eigenvalue weighted by Gasteiger charge is 2.24. The molecule has 0 radical (unpaired) electrons. The van der Waals surface area contributed by atoms with Gasteiger partial charge in [-0.25, -0.2) is 0 Å². The van der Waals surface area contributed by atoms with Gasteiger partial charge < -0.3 is 19.1 Å². The van der Waals surface area contributed by atoms with Crippen molar-refractivity contribution in [3.63, 3.8) is 0 Å². The van der Waals surface area contributed by atoms with Crippen LogP contribution in [0.4, 0.5) is 0 Å². The van der Waals surface area contributed by atoms with Crippen molar-refractivity contribution in [3.05, 3.63) is 42.1 Å². The molecule has 1 amide bonds. The van der Waals surface area contributed by atoms with Gasteiger partial charge in [0.15, 0.2) is 0 Å². The SMILES string of the molecule is COC[C@H]1CCCN(C(=O)c2ccc(-c3cc(OC)cc(OC)c3)nc2)C1. The molecule has 0 N–H and O–H groups in total. The van der Waals surface area contributed by atoms with E-state index in [1.54, 1.807) is 27.5 Å². The number of pyridine rings is 1. The Balaban J connectivity index is 1.76. The maximum Gasteiger partial charge on any atom is 0.255 e. The van der Waals surface area contributed by atoms with E-state index in [0.29, 0.717) is 29.6 Å². The predicted octanol–water partition coefficient (Wildman–Crippen LogP) is 3.26. The highest BCUT2D eigenvalue weighted by Crippen LogP contribution is 2.29. The molecular weight excluding hydrogens is 344 g/mol. The molecule has 0 saturated carbocycles. The molecule has 1 aliphatic rings. The Morgan fingerprint density at radius 3 is 2.48 bits per heavy atom. The summed E-state index contributed by atoms with van der Waals surface area (Å²) in [6, 6.07) is 9.29. The number of benzene rings is 1. The second-order valence-electron chi connectivity index (χ2n) is 6.75. The maximum absolute atomic E-state index is 12.8. The van der Waals surface area contributed by atoms with Gasteiger partial charge in [-0.2, -0.15) is 0 Å². The maximum atomic E-state index is 12.8. The lowest BCUT2D eigenvalue weighted by Crippen LogP contribution is -2.41. The fraction of sp³-hybridized carbons (Fsp3) is 0.429. The largest absolute Gasteiger partial charge is 0.497 e. The second-order valence-corrected chi connectivity index (χ2v) is 6.75. The van der Waals surface area contributed by atoms with E-state index in [2.05, 4.69) is 4.98 Å². The first kappa shape index (κ1) is 19.2. The number of carbonyl (C=O) groups is 1. The normalized spacial score (nSPS) is 16.9. The number of amides is 1. The number of rotatable bonds is 6. The van der Waals surface area contributed by atoms with Crippen LogP contribution in [-0.4, -0.2) is 56.8 Å². The van der Waals surface area contributed by atoms with Gasteiger partial charge in [0, 0.05) is 38.0 Å². The summed E-state index contributed by atoms with van der Waals surface area (Å²) in [6.07, 6.45) is 3.75. The summed E-state index contributed by atoms with van der Waals surface area (Å²) in [5, 5.41) is 0. The van der Waals surface area contributed by atoms with Crippen molar-refractivity contribution in [2.24, 2.45) is 5.92 Å². The highest BCUT2D eigenvalue weighted by molar-refractivity contribution is 5.94. The summed E-state index contributed by atoms with van der Waals surface area (Å²) in [5.41, 5.74) is 2.25. The van der Waals surface area contributed by atoms with Crippen molar-refractivity contribution in [2.75, 3.05) is 41.0 Å². The topological polar surface area (TPSA) is 60.9 Å². The van der Waals surface area contributed by atoms with Crippen molar-refractivity contribution in [2.45, 2.75) is 12.8 Å². The Labute approximate surface area is 160 Å². The van der Waals surface area contributed by atoms with Gasteiger partial charge >= 0.3 is 0 Å².